The van der Waals surface area contributed by atoms with E-state index in [0.717, 1.165) is 27.9 Å². The van der Waals surface area contributed by atoms with Crippen molar-refractivity contribution >= 4 is 17.0 Å². The second-order valence-electron chi connectivity index (χ2n) is 5.94. The number of nitrogens with one attached hydrogen (secondary N) is 2. The molecule has 0 radical (unpaired) electrons. The highest BCUT2D eigenvalue weighted by Crippen LogP contribution is 2.23. The fourth-order valence-corrected chi connectivity index (χ4v) is 2.74. The maximum absolute atomic E-state index is 12.2. The van der Waals surface area contributed by atoms with Crippen LogP contribution in [0.3, 0.4) is 0 Å². The molecule has 3 rings (SSSR count). The van der Waals surface area contributed by atoms with Crippen LogP contribution in [0.25, 0.3) is 11.0 Å². The SMILES string of the molecule is COCc1ccccc1CNC(=O)NC(C)c1cc2ccccc2o1. The summed E-state index contributed by atoms with van der Waals surface area (Å²) in [7, 11) is 1.66. The highest BCUT2D eigenvalue weighted by Gasteiger charge is 2.14. The van der Waals surface area contributed by atoms with Crippen molar-refractivity contribution in [2.24, 2.45) is 0 Å². The van der Waals surface area contributed by atoms with Crippen LogP contribution in [0.4, 0.5) is 4.79 Å². The van der Waals surface area contributed by atoms with Crippen LogP contribution in [0, 0.1) is 0 Å². The highest BCUT2D eigenvalue weighted by molar-refractivity contribution is 5.78. The number of amides is 2. The molecule has 1 aromatic heterocycles. The molecule has 5 nitrogen and oxygen atoms in total. The van der Waals surface area contributed by atoms with E-state index in [2.05, 4.69) is 10.6 Å². The minimum atomic E-state index is -0.236. The molecule has 0 spiro atoms. The van der Waals surface area contributed by atoms with Gasteiger partial charge in [-0.3, -0.25) is 0 Å². The number of carbonyl (C=O) groups is 1. The summed E-state index contributed by atoms with van der Waals surface area (Å²) in [4.78, 5) is 12.2. The number of hydrogen-bond acceptors (Lipinski definition) is 3. The summed E-state index contributed by atoms with van der Waals surface area (Å²) in [5.74, 6) is 0.733. The van der Waals surface area contributed by atoms with Crippen molar-refractivity contribution in [1.29, 1.82) is 0 Å². The van der Waals surface area contributed by atoms with Crippen molar-refractivity contribution in [3.63, 3.8) is 0 Å². The average molecular weight is 338 g/mol. The smallest absolute Gasteiger partial charge is 0.315 e. The van der Waals surface area contributed by atoms with Crippen molar-refractivity contribution < 1.29 is 13.9 Å². The van der Waals surface area contributed by atoms with E-state index in [9.17, 15) is 4.79 Å². The molecule has 5 heteroatoms. The van der Waals surface area contributed by atoms with E-state index in [1.807, 2.05) is 61.5 Å². The molecule has 2 amide bonds. The fraction of sp³-hybridized carbons (Fsp3) is 0.250. The van der Waals surface area contributed by atoms with Crippen LogP contribution in [0.1, 0.15) is 29.9 Å². The summed E-state index contributed by atoms with van der Waals surface area (Å²) in [5.41, 5.74) is 2.92. The maximum atomic E-state index is 12.2. The Kier molecular flexibility index (Phi) is 5.36. The second-order valence-corrected chi connectivity index (χ2v) is 5.94. The minimum Gasteiger partial charge on any atom is -0.459 e. The Bertz CT molecular complexity index is 824. The first-order chi connectivity index (χ1) is 12.2. The topological polar surface area (TPSA) is 63.5 Å². The molecule has 0 aliphatic rings. The van der Waals surface area contributed by atoms with E-state index in [4.69, 9.17) is 9.15 Å². The largest absolute Gasteiger partial charge is 0.459 e. The molecule has 1 atom stereocenters. The number of carbonyl (C=O) groups excluding carboxylic acids is 1. The molecule has 0 saturated carbocycles. The van der Waals surface area contributed by atoms with Crippen molar-refractivity contribution in [2.45, 2.75) is 26.1 Å². The summed E-state index contributed by atoms with van der Waals surface area (Å²) < 4.78 is 11.0. The van der Waals surface area contributed by atoms with Gasteiger partial charge in [0, 0.05) is 19.0 Å². The van der Waals surface area contributed by atoms with Crippen molar-refractivity contribution in [2.75, 3.05) is 7.11 Å². The summed E-state index contributed by atoms with van der Waals surface area (Å²) in [6, 6.07) is 17.2. The third-order valence-electron chi connectivity index (χ3n) is 4.08. The van der Waals surface area contributed by atoms with Gasteiger partial charge in [-0.05, 0) is 30.2 Å². The van der Waals surface area contributed by atoms with Gasteiger partial charge in [0.15, 0.2) is 0 Å². The predicted octanol–water partition coefficient (Wildman–Crippen LogP) is 4.14. The molecule has 1 unspecified atom stereocenters. The Morgan fingerprint density at radius 1 is 1.12 bits per heavy atom. The lowest BCUT2D eigenvalue weighted by Crippen LogP contribution is -2.36. The number of methoxy groups -OCH3 is 1. The molecule has 3 aromatic rings. The second kappa shape index (κ2) is 7.85. The molecule has 25 heavy (non-hydrogen) atoms. The van der Waals surface area contributed by atoms with E-state index >= 15 is 0 Å². The van der Waals surface area contributed by atoms with Crippen molar-refractivity contribution in [3.8, 4) is 0 Å². The number of benzene rings is 2. The van der Waals surface area contributed by atoms with Gasteiger partial charge in [-0.2, -0.15) is 0 Å². The standard InChI is InChI=1S/C20H22N2O3/c1-14(19-11-15-7-5-6-10-18(15)25-19)22-20(23)21-12-16-8-3-4-9-17(16)13-24-2/h3-11,14H,12-13H2,1-2H3,(H2,21,22,23). The molecule has 0 aliphatic carbocycles. The zero-order valence-electron chi connectivity index (χ0n) is 14.4. The first-order valence-electron chi connectivity index (χ1n) is 8.26. The van der Waals surface area contributed by atoms with Crippen LogP contribution in [0.2, 0.25) is 0 Å². The first-order valence-corrected chi connectivity index (χ1v) is 8.26. The Balaban J connectivity index is 1.59. The quantitative estimate of drug-likeness (QED) is 0.710. The lowest BCUT2D eigenvalue weighted by molar-refractivity contribution is 0.184. The number of furan rings is 1. The van der Waals surface area contributed by atoms with Gasteiger partial charge in [0.1, 0.15) is 11.3 Å². The number of para-hydroxylation sites is 1. The molecule has 0 saturated heterocycles. The molecule has 1 heterocycles. The predicted molar refractivity (Wildman–Crippen MR) is 97.2 cm³/mol. The lowest BCUT2D eigenvalue weighted by Gasteiger charge is -2.14. The van der Waals surface area contributed by atoms with Gasteiger partial charge in [-0.15, -0.1) is 0 Å². The van der Waals surface area contributed by atoms with E-state index in [1.165, 1.54) is 0 Å². The third-order valence-corrected chi connectivity index (χ3v) is 4.08. The van der Waals surface area contributed by atoms with Crippen molar-refractivity contribution in [3.05, 3.63) is 71.5 Å². The molecular weight excluding hydrogens is 316 g/mol. The van der Waals surface area contributed by atoms with Crippen LogP contribution in [0.15, 0.2) is 59.0 Å². The number of hydrogen-bond donors (Lipinski definition) is 2. The first kappa shape index (κ1) is 17.0. The summed E-state index contributed by atoms with van der Waals surface area (Å²) in [5, 5.41) is 6.82. The number of fused-ring (bicyclic) bond motifs is 1. The van der Waals surface area contributed by atoms with Crippen LogP contribution < -0.4 is 10.6 Å². The van der Waals surface area contributed by atoms with Gasteiger partial charge in [0.25, 0.3) is 0 Å². The summed E-state index contributed by atoms with van der Waals surface area (Å²) in [6.45, 7) is 2.86. The lowest BCUT2D eigenvalue weighted by atomic mass is 10.1. The zero-order valence-corrected chi connectivity index (χ0v) is 14.4. The molecule has 2 aromatic carbocycles. The van der Waals surface area contributed by atoms with Crippen molar-refractivity contribution in [1.82, 2.24) is 10.6 Å². The minimum absolute atomic E-state index is 0.221. The van der Waals surface area contributed by atoms with E-state index < -0.39 is 0 Å². The maximum Gasteiger partial charge on any atom is 0.315 e. The van der Waals surface area contributed by atoms with Gasteiger partial charge < -0.3 is 19.8 Å². The average Bonchev–Trinajstić information content (AvgIpc) is 3.05. The van der Waals surface area contributed by atoms with Crippen LogP contribution in [0.5, 0.6) is 0 Å². The Morgan fingerprint density at radius 3 is 2.60 bits per heavy atom. The Morgan fingerprint density at radius 2 is 1.84 bits per heavy atom. The van der Waals surface area contributed by atoms with Gasteiger partial charge in [0.2, 0.25) is 0 Å². The zero-order chi connectivity index (χ0) is 17.6. The monoisotopic (exact) mass is 338 g/mol. The normalized spacial score (nSPS) is 12.1. The molecule has 130 valence electrons. The molecule has 2 N–H and O–H groups in total. The van der Waals surface area contributed by atoms with Crippen LogP contribution >= 0.6 is 0 Å². The summed E-state index contributed by atoms with van der Waals surface area (Å²) >= 11 is 0. The van der Waals surface area contributed by atoms with Gasteiger partial charge in [0.05, 0.1) is 12.6 Å². The molecule has 0 bridgehead atoms. The van der Waals surface area contributed by atoms with E-state index in [0.29, 0.717) is 13.2 Å². The molecule has 0 fully saturated rings. The van der Waals surface area contributed by atoms with Crippen LogP contribution in [-0.2, 0) is 17.9 Å². The Hall–Kier alpha value is -2.79. The van der Waals surface area contributed by atoms with Gasteiger partial charge in [-0.25, -0.2) is 4.79 Å². The molecular formula is C20H22N2O3. The molecule has 0 aliphatic heterocycles. The highest BCUT2D eigenvalue weighted by atomic mass is 16.5. The number of urea groups is 1. The van der Waals surface area contributed by atoms with Gasteiger partial charge in [-0.1, -0.05) is 42.5 Å². The Labute approximate surface area is 147 Å². The van der Waals surface area contributed by atoms with Crippen LogP contribution in [-0.4, -0.2) is 13.1 Å². The van der Waals surface area contributed by atoms with E-state index in [1.54, 1.807) is 7.11 Å². The van der Waals surface area contributed by atoms with E-state index in [-0.39, 0.29) is 12.1 Å². The summed E-state index contributed by atoms with van der Waals surface area (Å²) in [6.07, 6.45) is 0. The number of rotatable bonds is 6. The fourth-order valence-electron chi connectivity index (χ4n) is 2.74. The third kappa shape index (κ3) is 4.19. The van der Waals surface area contributed by atoms with Gasteiger partial charge >= 0.3 is 6.03 Å². The number of ether oxygens (including phenoxy) is 1.